The van der Waals surface area contributed by atoms with Gasteiger partial charge in [0.2, 0.25) is 0 Å². The Morgan fingerprint density at radius 2 is 2.07 bits per heavy atom. The van der Waals surface area contributed by atoms with Crippen LogP contribution < -0.4 is 5.56 Å². The Bertz CT molecular complexity index is 932. The quantitative estimate of drug-likeness (QED) is 0.741. The molecule has 3 heterocycles. The number of hydrogen-bond acceptors (Lipinski definition) is 6. The summed E-state index contributed by atoms with van der Waals surface area (Å²) in [5.74, 6) is 0.299. The number of carbonyl (C=O) groups is 1. The first-order valence-electron chi connectivity index (χ1n) is 9.42. The number of amides is 1. The predicted molar refractivity (Wildman–Crippen MR) is 106 cm³/mol. The number of aromatic nitrogens is 4. The molecule has 0 aromatic carbocycles. The lowest BCUT2D eigenvalue weighted by molar-refractivity contribution is 0.00141. The summed E-state index contributed by atoms with van der Waals surface area (Å²) in [6.07, 6.45) is 0.183. The molecule has 0 bridgehead atoms. The maximum atomic E-state index is 12.9. The van der Waals surface area contributed by atoms with Crippen LogP contribution in [0, 0.1) is 0 Å². The van der Waals surface area contributed by atoms with E-state index in [0.717, 1.165) is 6.42 Å². The maximum absolute atomic E-state index is 12.9. The van der Waals surface area contributed by atoms with Crippen molar-refractivity contribution in [2.24, 2.45) is 0 Å². The van der Waals surface area contributed by atoms with Crippen molar-refractivity contribution >= 4 is 27.8 Å². The molecule has 2 atom stereocenters. The summed E-state index contributed by atoms with van der Waals surface area (Å²) >= 11 is 3.23. The molecule has 154 valence electrons. The molecule has 28 heavy (non-hydrogen) atoms. The van der Waals surface area contributed by atoms with Crippen LogP contribution >= 0.6 is 15.9 Å². The zero-order valence-electron chi connectivity index (χ0n) is 16.8. The second-order valence-corrected chi connectivity index (χ2v) is 8.64. The van der Waals surface area contributed by atoms with Crippen molar-refractivity contribution in [2.45, 2.75) is 65.3 Å². The van der Waals surface area contributed by atoms with Gasteiger partial charge in [0.15, 0.2) is 4.73 Å². The molecule has 2 aromatic heterocycles. The van der Waals surface area contributed by atoms with Gasteiger partial charge in [-0.2, -0.15) is 9.50 Å². The van der Waals surface area contributed by atoms with Crippen molar-refractivity contribution in [1.82, 2.24) is 24.5 Å². The molecule has 0 spiro atoms. The number of ether oxygens (including phenoxy) is 2. The number of carbonyl (C=O) groups excluding carboxylic acids is 1. The van der Waals surface area contributed by atoms with Crippen LogP contribution in [0.1, 0.15) is 70.9 Å². The molecule has 1 N–H and O–H groups in total. The van der Waals surface area contributed by atoms with E-state index < -0.39 is 11.7 Å². The van der Waals surface area contributed by atoms with E-state index in [-0.39, 0.29) is 17.8 Å². The lowest BCUT2D eigenvalue weighted by atomic mass is 10.1. The van der Waals surface area contributed by atoms with Gasteiger partial charge in [0.25, 0.3) is 11.3 Å². The Labute approximate surface area is 171 Å². The topological polar surface area (TPSA) is 102 Å². The van der Waals surface area contributed by atoms with Gasteiger partial charge in [-0.15, -0.1) is 0 Å². The fourth-order valence-corrected chi connectivity index (χ4v) is 3.62. The molecule has 0 aliphatic carbocycles. The summed E-state index contributed by atoms with van der Waals surface area (Å²) < 4.78 is 13.2. The first-order valence-corrected chi connectivity index (χ1v) is 10.2. The lowest BCUT2D eigenvalue weighted by Crippen LogP contribution is -2.38. The van der Waals surface area contributed by atoms with E-state index in [0.29, 0.717) is 41.3 Å². The number of aromatic amines is 1. The van der Waals surface area contributed by atoms with E-state index in [1.54, 1.807) is 4.90 Å². The van der Waals surface area contributed by atoms with Gasteiger partial charge in [-0.05, 0) is 56.5 Å². The van der Waals surface area contributed by atoms with Crippen molar-refractivity contribution in [3.63, 3.8) is 0 Å². The fraction of sp³-hybridized carbons (Fsp3) is 0.667. The number of hydrogen-bond donors (Lipinski definition) is 1. The number of fused-ring (bicyclic) bond motifs is 2. The molecule has 0 saturated carbocycles. The Morgan fingerprint density at radius 3 is 2.71 bits per heavy atom. The smallest absolute Gasteiger partial charge is 0.410 e. The fourth-order valence-electron chi connectivity index (χ4n) is 3.29. The molecule has 10 heteroatoms. The third kappa shape index (κ3) is 4.22. The summed E-state index contributed by atoms with van der Waals surface area (Å²) in [6, 6.07) is 0. The molecule has 2 aromatic rings. The largest absolute Gasteiger partial charge is 0.444 e. The van der Waals surface area contributed by atoms with Crippen LogP contribution in [0.25, 0.3) is 5.78 Å². The van der Waals surface area contributed by atoms with Crippen molar-refractivity contribution < 1.29 is 14.3 Å². The normalized spacial score (nSPS) is 19.1. The highest BCUT2D eigenvalue weighted by Gasteiger charge is 2.35. The average molecular weight is 456 g/mol. The van der Waals surface area contributed by atoms with E-state index in [1.165, 1.54) is 4.52 Å². The highest BCUT2D eigenvalue weighted by Crippen LogP contribution is 2.37. The van der Waals surface area contributed by atoms with Gasteiger partial charge < -0.3 is 14.4 Å². The molecule has 0 saturated heterocycles. The minimum Gasteiger partial charge on any atom is -0.444 e. The molecule has 1 aliphatic rings. The molecular weight excluding hydrogens is 430 g/mol. The van der Waals surface area contributed by atoms with Crippen LogP contribution in [-0.2, 0) is 9.47 Å². The van der Waals surface area contributed by atoms with Gasteiger partial charge in [0, 0.05) is 13.1 Å². The van der Waals surface area contributed by atoms with Crippen LogP contribution in [0.2, 0.25) is 0 Å². The minimum absolute atomic E-state index is 0.230. The Kier molecular flexibility index (Phi) is 5.81. The van der Waals surface area contributed by atoms with Crippen LogP contribution in [-0.4, -0.2) is 49.3 Å². The first-order chi connectivity index (χ1) is 13.1. The molecule has 9 nitrogen and oxygen atoms in total. The number of rotatable bonds is 5. The first kappa shape index (κ1) is 20.8. The Morgan fingerprint density at radius 1 is 1.36 bits per heavy atom. The van der Waals surface area contributed by atoms with Gasteiger partial charge in [-0.25, -0.2) is 9.78 Å². The Hall–Kier alpha value is -1.94. The molecule has 1 aliphatic heterocycles. The van der Waals surface area contributed by atoms with Gasteiger partial charge in [-0.3, -0.25) is 9.89 Å². The summed E-state index contributed by atoms with van der Waals surface area (Å²) in [7, 11) is 0. The van der Waals surface area contributed by atoms with Gasteiger partial charge in [0.05, 0.1) is 23.5 Å². The molecule has 2 unspecified atom stereocenters. The second kappa shape index (κ2) is 7.82. The van der Waals surface area contributed by atoms with E-state index in [1.807, 2.05) is 34.6 Å². The second-order valence-electron chi connectivity index (χ2n) is 7.89. The molecule has 3 rings (SSSR count). The van der Waals surface area contributed by atoms with Crippen LogP contribution in [0.15, 0.2) is 9.53 Å². The van der Waals surface area contributed by atoms with E-state index >= 15 is 0 Å². The third-order valence-electron chi connectivity index (χ3n) is 4.41. The summed E-state index contributed by atoms with van der Waals surface area (Å²) in [4.78, 5) is 35.7. The highest BCUT2D eigenvalue weighted by atomic mass is 79.9. The van der Waals surface area contributed by atoms with Crippen LogP contribution in [0.5, 0.6) is 0 Å². The van der Waals surface area contributed by atoms with Crippen molar-refractivity contribution in [3.8, 4) is 0 Å². The van der Waals surface area contributed by atoms with E-state index in [4.69, 9.17) is 9.47 Å². The van der Waals surface area contributed by atoms with Crippen LogP contribution in [0.3, 0.4) is 0 Å². The number of nitrogens with one attached hydrogen (secondary N) is 1. The Balaban J connectivity index is 1.81. The van der Waals surface area contributed by atoms with Gasteiger partial charge in [-0.1, -0.05) is 6.92 Å². The highest BCUT2D eigenvalue weighted by molar-refractivity contribution is 9.10. The molecule has 1 amide bonds. The van der Waals surface area contributed by atoms with Crippen molar-refractivity contribution in [2.75, 3.05) is 13.1 Å². The zero-order valence-corrected chi connectivity index (χ0v) is 18.4. The third-order valence-corrected chi connectivity index (χ3v) is 4.77. The maximum Gasteiger partial charge on any atom is 0.410 e. The summed E-state index contributed by atoms with van der Waals surface area (Å²) in [6.45, 7) is 10.4. The van der Waals surface area contributed by atoms with E-state index in [9.17, 15) is 9.59 Å². The monoisotopic (exact) mass is 455 g/mol. The standard InChI is InChI=1S/C18H26BrN5O4/c1-6-8-23(17(26)28-18(3,4)5)9-7-11-12-13(10(2)27-11)20-16-21-15(19)22-24(16)14(12)25/h10-11H,6-9H2,1-5H3,(H,20,21,22). The van der Waals surface area contributed by atoms with Gasteiger partial charge in [0.1, 0.15) is 5.60 Å². The van der Waals surface area contributed by atoms with Crippen molar-refractivity contribution in [1.29, 1.82) is 0 Å². The van der Waals surface area contributed by atoms with E-state index in [2.05, 4.69) is 31.0 Å². The molecular formula is C18H26BrN5O4. The van der Waals surface area contributed by atoms with Crippen LogP contribution in [0.4, 0.5) is 4.79 Å². The number of halogens is 1. The van der Waals surface area contributed by atoms with Crippen molar-refractivity contribution in [3.05, 3.63) is 26.3 Å². The lowest BCUT2D eigenvalue weighted by Gasteiger charge is -2.28. The van der Waals surface area contributed by atoms with Gasteiger partial charge >= 0.3 is 6.09 Å². The zero-order chi connectivity index (χ0) is 20.6. The minimum atomic E-state index is -0.559. The summed E-state index contributed by atoms with van der Waals surface area (Å²) in [5, 5.41) is 2.83. The molecule has 0 radical (unpaired) electrons. The predicted octanol–water partition coefficient (Wildman–Crippen LogP) is 3.35. The number of nitrogens with zero attached hydrogens (tertiary/aromatic N) is 4. The molecule has 0 fully saturated rings. The number of H-pyrrole nitrogens is 1. The SMILES string of the molecule is CCCN(CCC1OC(C)c2nc3nc(Br)[nH]n3c(=O)c21)C(=O)OC(C)(C)C. The average Bonchev–Trinajstić information content (AvgIpc) is 3.10. The summed E-state index contributed by atoms with van der Waals surface area (Å²) in [5.41, 5.74) is 0.332.